The summed E-state index contributed by atoms with van der Waals surface area (Å²) in [7, 11) is 0. The molecule has 0 aliphatic rings. The van der Waals surface area contributed by atoms with E-state index in [0.717, 1.165) is 0 Å². The van der Waals surface area contributed by atoms with Crippen LogP contribution >= 0.6 is 0 Å². The van der Waals surface area contributed by atoms with Gasteiger partial charge in [-0.1, -0.05) is 6.07 Å². The third-order valence-corrected chi connectivity index (χ3v) is 2.99. The van der Waals surface area contributed by atoms with Gasteiger partial charge in [0.1, 0.15) is 11.6 Å². The lowest BCUT2D eigenvalue weighted by molar-refractivity contribution is 0.100. The van der Waals surface area contributed by atoms with Crippen molar-refractivity contribution in [2.24, 2.45) is 5.73 Å². The Kier molecular flexibility index (Phi) is 3.98. The van der Waals surface area contributed by atoms with Gasteiger partial charge in [-0.05, 0) is 43.3 Å². The van der Waals surface area contributed by atoms with Crippen molar-refractivity contribution in [3.05, 3.63) is 65.2 Å². The lowest BCUT2D eigenvalue weighted by atomic mass is 10.1. The van der Waals surface area contributed by atoms with E-state index in [1.54, 1.807) is 31.2 Å². The molecular weight excluding hydrogens is 262 g/mol. The molecular formula is C15H14F2N2O. The van der Waals surface area contributed by atoms with Crippen LogP contribution < -0.4 is 11.1 Å². The Morgan fingerprint density at radius 2 is 1.65 bits per heavy atom. The molecule has 1 amide bonds. The smallest absolute Gasteiger partial charge is 0.248 e. The van der Waals surface area contributed by atoms with E-state index in [0.29, 0.717) is 11.3 Å². The average Bonchev–Trinajstić information content (AvgIpc) is 2.39. The monoisotopic (exact) mass is 276 g/mol. The van der Waals surface area contributed by atoms with Gasteiger partial charge in [0.25, 0.3) is 0 Å². The van der Waals surface area contributed by atoms with Crippen LogP contribution in [0.3, 0.4) is 0 Å². The Hall–Kier alpha value is -2.43. The predicted molar refractivity (Wildman–Crippen MR) is 73.4 cm³/mol. The predicted octanol–water partition coefficient (Wildman–Crippen LogP) is 3.24. The number of halogens is 2. The molecule has 0 aromatic heterocycles. The van der Waals surface area contributed by atoms with Gasteiger partial charge < -0.3 is 11.1 Å². The fourth-order valence-electron chi connectivity index (χ4n) is 1.98. The molecule has 5 heteroatoms. The zero-order valence-corrected chi connectivity index (χ0v) is 10.9. The maximum absolute atomic E-state index is 13.6. The van der Waals surface area contributed by atoms with Crippen molar-refractivity contribution >= 4 is 11.6 Å². The third kappa shape index (κ3) is 2.93. The Morgan fingerprint density at radius 1 is 1.10 bits per heavy atom. The van der Waals surface area contributed by atoms with Crippen molar-refractivity contribution in [3.63, 3.8) is 0 Å². The van der Waals surface area contributed by atoms with Crippen LogP contribution in [-0.4, -0.2) is 5.91 Å². The second kappa shape index (κ2) is 5.69. The number of nitrogens with two attached hydrogens (primary N) is 1. The number of hydrogen-bond acceptors (Lipinski definition) is 2. The minimum atomic E-state index is -0.598. The minimum absolute atomic E-state index is 0.0218. The first-order valence-corrected chi connectivity index (χ1v) is 6.09. The van der Waals surface area contributed by atoms with Gasteiger partial charge in [-0.3, -0.25) is 4.79 Å². The summed E-state index contributed by atoms with van der Waals surface area (Å²) in [6.07, 6.45) is 0. The number of carbonyl (C=O) groups is 1. The first-order chi connectivity index (χ1) is 9.49. The molecule has 3 nitrogen and oxygen atoms in total. The van der Waals surface area contributed by atoms with Crippen molar-refractivity contribution in [1.82, 2.24) is 0 Å². The van der Waals surface area contributed by atoms with E-state index in [-0.39, 0.29) is 5.56 Å². The highest BCUT2D eigenvalue weighted by atomic mass is 19.1. The lowest BCUT2D eigenvalue weighted by Crippen LogP contribution is -2.12. The van der Waals surface area contributed by atoms with Crippen LogP contribution in [0.25, 0.3) is 0 Å². The molecule has 104 valence electrons. The maximum Gasteiger partial charge on any atom is 0.248 e. The molecule has 0 aliphatic heterocycles. The standard InChI is InChI=1S/C15H14F2N2O/c1-9(14-12(16)3-2-4-13(14)17)19-11-7-5-10(6-8-11)15(18)20/h2-9,19H,1H3,(H2,18,20). The molecule has 0 saturated heterocycles. The second-order valence-electron chi connectivity index (χ2n) is 4.44. The Labute approximate surface area is 115 Å². The van der Waals surface area contributed by atoms with Crippen LogP contribution in [0.15, 0.2) is 42.5 Å². The van der Waals surface area contributed by atoms with Crippen molar-refractivity contribution in [2.75, 3.05) is 5.32 Å². The molecule has 1 unspecified atom stereocenters. The topological polar surface area (TPSA) is 55.1 Å². The summed E-state index contributed by atoms with van der Waals surface area (Å²) >= 11 is 0. The van der Waals surface area contributed by atoms with E-state index in [1.165, 1.54) is 18.2 Å². The molecule has 0 radical (unpaired) electrons. The molecule has 20 heavy (non-hydrogen) atoms. The molecule has 1 atom stereocenters. The molecule has 3 N–H and O–H groups in total. The largest absolute Gasteiger partial charge is 0.378 e. The van der Waals surface area contributed by atoms with Gasteiger partial charge in [0.05, 0.1) is 6.04 Å². The van der Waals surface area contributed by atoms with Gasteiger partial charge >= 0.3 is 0 Å². The Balaban J connectivity index is 2.19. The number of carbonyl (C=O) groups excluding carboxylic acids is 1. The highest BCUT2D eigenvalue weighted by Crippen LogP contribution is 2.24. The quantitative estimate of drug-likeness (QED) is 0.900. The number of benzene rings is 2. The van der Waals surface area contributed by atoms with Crippen LogP contribution in [0.4, 0.5) is 14.5 Å². The highest BCUT2D eigenvalue weighted by molar-refractivity contribution is 5.93. The van der Waals surface area contributed by atoms with Crippen molar-refractivity contribution in [3.8, 4) is 0 Å². The van der Waals surface area contributed by atoms with Gasteiger partial charge in [-0.15, -0.1) is 0 Å². The van der Waals surface area contributed by atoms with E-state index in [1.807, 2.05) is 0 Å². The number of amides is 1. The molecule has 0 bridgehead atoms. The van der Waals surface area contributed by atoms with Gasteiger partial charge in [-0.25, -0.2) is 8.78 Å². The van der Waals surface area contributed by atoms with Gasteiger partial charge in [0.2, 0.25) is 5.91 Å². The van der Waals surface area contributed by atoms with E-state index < -0.39 is 23.6 Å². The SMILES string of the molecule is CC(Nc1ccc(C(N)=O)cc1)c1c(F)cccc1F. The van der Waals surface area contributed by atoms with Crippen LogP contribution in [-0.2, 0) is 0 Å². The van der Waals surface area contributed by atoms with Crippen molar-refractivity contribution in [2.45, 2.75) is 13.0 Å². The Morgan fingerprint density at radius 3 is 2.15 bits per heavy atom. The van der Waals surface area contributed by atoms with Gasteiger partial charge in [0, 0.05) is 16.8 Å². The van der Waals surface area contributed by atoms with Crippen molar-refractivity contribution in [1.29, 1.82) is 0 Å². The third-order valence-electron chi connectivity index (χ3n) is 2.99. The number of rotatable bonds is 4. The fourth-order valence-corrected chi connectivity index (χ4v) is 1.98. The van der Waals surface area contributed by atoms with Gasteiger partial charge in [-0.2, -0.15) is 0 Å². The second-order valence-corrected chi connectivity index (χ2v) is 4.44. The molecule has 2 aromatic rings. The first kappa shape index (κ1) is 14.0. The van der Waals surface area contributed by atoms with E-state index in [9.17, 15) is 13.6 Å². The van der Waals surface area contributed by atoms with Crippen LogP contribution in [0.1, 0.15) is 28.9 Å². The molecule has 0 spiro atoms. The molecule has 0 aliphatic carbocycles. The molecule has 0 saturated carbocycles. The number of primary amides is 1. The summed E-state index contributed by atoms with van der Waals surface area (Å²) in [5.74, 6) is -1.72. The van der Waals surface area contributed by atoms with Crippen LogP contribution in [0.2, 0.25) is 0 Å². The summed E-state index contributed by atoms with van der Waals surface area (Å²) in [6, 6.07) is 9.58. The molecule has 0 heterocycles. The summed E-state index contributed by atoms with van der Waals surface area (Å²) < 4.78 is 27.3. The normalized spacial score (nSPS) is 11.9. The molecule has 0 fully saturated rings. The van der Waals surface area contributed by atoms with E-state index >= 15 is 0 Å². The fraction of sp³-hybridized carbons (Fsp3) is 0.133. The van der Waals surface area contributed by atoms with Gasteiger partial charge in [0.15, 0.2) is 0 Å². The van der Waals surface area contributed by atoms with Crippen LogP contribution in [0.5, 0.6) is 0 Å². The first-order valence-electron chi connectivity index (χ1n) is 6.09. The summed E-state index contributed by atoms with van der Waals surface area (Å²) in [5, 5.41) is 2.97. The van der Waals surface area contributed by atoms with E-state index in [4.69, 9.17) is 5.73 Å². The number of anilines is 1. The van der Waals surface area contributed by atoms with E-state index in [2.05, 4.69) is 5.32 Å². The summed E-state index contributed by atoms with van der Waals surface area (Å²) in [5.41, 5.74) is 6.13. The lowest BCUT2D eigenvalue weighted by Gasteiger charge is -2.17. The highest BCUT2D eigenvalue weighted by Gasteiger charge is 2.15. The number of hydrogen-bond donors (Lipinski definition) is 2. The Bertz CT molecular complexity index is 606. The average molecular weight is 276 g/mol. The van der Waals surface area contributed by atoms with Crippen LogP contribution in [0, 0.1) is 11.6 Å². The molecule has 2 rings (SSSR count). The maximum atomic E-state index is 13.6. The zero-order valence-electron chi connectivity index (χ0n) is 10.9. The summed E-state index contributed by atoms with van der Waals surface area (Å²) in [4.78, 5) is 10.9. The molecule has 2 aromatic carbocycles. The summed E-state index contributed by atoms with van der Waals surface area (Å²) in [6.45, 7) is 1.66. The van der Waals surface area contributed by atoms with Crippen molar-refractivity contribution < 1.29 is 13.6 Å². The number of nitrogens with one attached hydrogen (secondary N) is 1. The minimum Gasteiger partial charge on any atom is -0.378 e. The zero-order chi connectivity index (χ0) is 14.7.